The highest BCUT2D eigenvalue weighted by Gasteiger charge is 2.53. The number of benzene rings is 1. The summed E-state index contributed by atoms with van der Waals surface area (Å²) in [6, 6.07) is 14.9. The van der Waals surface area contributed by atoms with Gasteiger partial charge in [0.05, 0.1) is 19.2 Å². The van der Waals surface area contributed by atoms with Crippen LogP contribution in [0.3, 0.4) is 0 Å². The molecule has 2 aliphatic carbocycles. The Morgan fingerprint density at radius 1 is 1.05 bits per heavy atom. The van der Waals surface area contributed by atoms with Crippen LogP contribution in [0.2, 0.25) is 0 Å². The summed E-state index contributed by atoms with van der Waals surface area (Å²) in [7, 11) is 3.23. The number of hydrogen-bond acceptors (Lipinski definition) is 4. The SMILES string of the molecule is CON(C)C(=O)[C@H]1C[C@@H]2[C@H](C[C@@H](c3ccccc3)[C@H]1C)N(C1CCCCC1)C(=O)N2Cc1cccnc1. The molecule has 7 heteroatoms. The van der Waals surface area contributed by atoms with Crippen molar-refractivity contribution in [2.24, 2.45) is 11.8 Å². The minimum atomic E-state index is -0.249. The van der Waals surface area contributed by atoms with Crippen LogP contribution in [0.4, 0.5) is 4.79 Å². The van der Waals surface area contributed by atoms with Crippen LogP contribution in [0.5, 0.6) is 0 Å². The number of nitrogens with zero attached hydrogens (tertiary/aromatic N) is 4. The molecule has 7 nitrogen and oxygen atoms in total. The van der Waals surface area contributed by atoms with Crippen molar-refractivity contribution in [3.63, 3.8) is 0 Å². The minimum absolute atomic E-state index is 0.0125. The van der Waals surface area contributed by atoms with Gasteiger partial charge in [0.25, 0.3) is 0 Å². The van der Waals surface area contributed by atoms with Gasteiger partial charge in [0, 0.05) is 37.9 Å². The molecule has 3 fully saturated rings. The molecule has 0 unspecified atom stereocenters. The molecule has 0 radical (unpaired) electrons. The van der Waals surface area contributed by atoms with Crippen molar-refractivity contribution in [2.75, 3.05) is 14.2 Å². The number of carbonyl (C=O) groups excluding carboxylic acids is 2. The normalized spacial score (nSPS) is 28.6. The molecule has 1 aromatic heterocycles. The second kappa shape index (κ2) is 11.2. The molecular weight excluding hydrogens is 464 g/mol. The fraction of sp³-hybridized carbons (Fsp3) is 0.567. The van der Waals surface area contributed by atoms with Gasteiger partial charge in [0.2, 0.25) is 5.91 Å². The summed E-state index contributed by atoms with van der Waals surface area (Å²) in [6.45, 7) is 2.73. The lowest BCUT2D eigenvalue weighted by atomic mass is 9.77. The lowest BCUT2D eigenvalue weighted by molar-refractivity contribution is -0.175. The van der Waals surface area contributed by atoms with Gasteiger partial charge >= 0.3 is 6.03 Å². The molecule has 198 valence electrons. The summed E-state index contributed by atoms with van der Waals surface area (Å²) in [5.74, 6) is 0.0245. The van der Waals surface area contributed by atoms with Crippen molar-refractivity contribution in [3.8, 4) is 0 Å². The summed E-state index contributed by atoms with van der Waals surface area (Å²) >= 11 is 0. The number of hydroxylamine groups is 2. The second-order valence-electron chi connectivity index (χ2n) is 11.1. The van der Waals surface area contributed by atoms with Gasteiger partial charge in [-0.1, -0.05) is 62.6 Å². The third kappa shape index (κ3) is 5.11. The Balaban J connectivity index is 1.56. The van der Waals surface area contributed by atoms with Crippen LogP contribution < -0.4 is 0 Å². The summed E-state index contributed by atoms with van der Waals surface area (Å²) in [6.07, 6.45) is 10.8. The summed E-state index contributed by atoms with van der Waals surface area (Å²) < 4.78 is 0. The Morgan fingerprint density at radius 3 is 2.49 bits per heavy atom. The van der Waals surface area contributed by atoms with Crippen LogP contribution in [0.25, 0.3) is 0 Å². The highest BCUT2D eigenvalue weighted by atomic mass is 16.7. The average molecular weight is 505 g/mol. The fourth-order valence-corrected chi connectivity index (χ4v) is 7.06. The Bertz CT molecular complexity index is 1060. The van der Waals surface area contributed by atoms with Gasteiger partial charge in [-0.3, -0.25) is 14.6 Å². The fourth-order valence-electron chi connectivity index (χ4n) is 7.06. The first-order chi connectivity index (χ1) is 18.0. The van der Waals surface area contributed by atoms with Gasteiger partial charge in [-0.15, -0.1) is 0 Å². The van der Waals surface area contributed by atoms with E-state index in [1.807, 2.05) is 29.3 Å². The zero-order valence-corrected chi connectivity index (χ0v) is 22.3. The summed E-state index contributed by atoms with van der Waals surface area (Å²) in [5.41, 5.74) is 2.27. The van der Waals surface area contributed by atoms with Crippen LogP contribution in [0.1, 0.15) is 68.9 Å². The molecule has 0 spiro atoms. The van der Waals surface area contributed by atoms with E-state index in [4.69, 9.17) is 4.84 Å². The van der Waals surface area contributed by atoms with Crippen molar-refractivity contribution >= 4 is 11.9 Å². The van der Waals surface area contributed by atoms with Crippen molar-refractivity contribution < 1.29 is 14.4 Å². The van der Waals surface area contributed by atoms with Crippen molar-refractivity contribution in [2.45, 2.75) is 82.5 Å². The molecule has 1 aromatic carbocycles. The quantitative estimate of drug-likeness (QED) is 0.505. The molecule has 2 aromatic rings. The lowest BCUT2D eigenvalue weighted by Crippen LogP contribution is -2.45. The minimum Gasteiger partial charge on any atom is -0.317 e. The molecule has 3 aliphatic rings. The smallest absolute Gasteiger partial charge is 0.317 e. The maximum absolute atomic E-state index is 14.2. The Morgan fingerprint density at radius 2 is 1.81 bits per heavy atom. The third-order valence-corrected chi connectivity index (χ3v) is 9.10. The monoisotopic (exact) mass is 504 g/mol. The molecular formula is C30H40N4O3. The van der Waals surface area contributed by atoms with Gasteiger partial charge in [-0.2, -0.15) is 0 Å². The van der Waals surface area contributed by atoms with E-state index >= 15 is 0 Å². The van der Waals surface area contributed by atoms with E-state index in [1.54, 1.807) is 13.2 Å². The van der Waals surface area contributed by atoms with Crippen molar-refractivity contribution in [1.82, 2.24) is 19.8 Å². The molecule has 3 amide bonds. The number of pyridine rings is 1. The number of amides is 3. The third-order valence-electron chi connectivity index (χ3n) is 9.10. The molecule has 37 heavy (non-hydrogen) atoms. The maximum atomic E-state index is 14.2. The van der Waals surface area contributed by atoms with E-state index in [1.165, 1.54) is 37.0 Å². The molecule has 1 aliphatic heterocycles. The number of fused-ring (bicyclic) bond motifs is 1. The van der Waals surface area contributed by atoms with Crippen LogP contribution in [-0.4, -0.2) is 64.1 Å². The van der Waals surface area contributed by atoms with Crippen LogP contribution in [0.15, 0.2) is 54.9 Å². The number of hydrogen-bond donors (Lipinski definition) is 0. The first kappa shape index (κ1) is 25.7. The number of carbonyl (C=O) groups is 2. The standard InChI is InChI=1S/C30H40N4O3/c1-21-25(23-12-6-4-7-13-23)17-28-27(18-26(21)29(35)32(2)37-3)33(20-22-11-10-16-31-19-22)30(36)34(28)24-14-8-5-9-15-24/h4,6-7,10-13,16,19,21,24-28H,5,8-9,14-15,17-18,20H2,1-3H3/t21-,25-,26+,27-,28+/m1/s1. The zero-order chi connectivity index (χ0) is 25.9. The van der Waals surface area contributed by atoms with E-state index in [0.717, 1.165) is 24.8 Å². The highest BCUT2D eigenvalue weighted by Crippen LogP contribution is 2.47. The summed E-state index contributed by atoms with van der Waals surface area (Å²) in [4.78, 5) is 41.8. The van der Waals surface area contributed by atoms with Crippen molar-refractivity contribution in [3.05, 3.63) is 66.0 Å². The topological polar surface area (TPSA) is 66.0 Å². The molecule has 2 saturated carbocycles. The predicted molar refractivity (Wildman–Crippen MR) is 142 cm³/mol. The van der Waals surface area contributed by atoms with Gasteiger partial charge in [0.1, 0.15) is 0 Å². The Kier molecular flexibility index (Phi) is 7.79. The van der Waals surface area contributed by atoms with Crippen molar-refractivity contribution in [1.29, 1.82) is 0 Å². The largest absolute Gasteiger partial charge is 0.321 e. The molecule has 1 saturated heterocycles. The second-order valence-corrected chi connectivity index (χ2v) is 11.1. The van der Waals surface area contributed by atoms with Gasteiger partial charge in [-0.25, -0.2) is 9.86 Å². The summed E-state index contributed by atoms with van der Waals surface area (Å²) in [5, 5.41) is 1.37. The Hall–Kier alpha value is -2.93. The number of rotatable bonds is 6. The molecule has 0 bridgehead atoms. The molecule has 0 N–H and O–H groups in total. The average Bonchev–Trinajstić information content (AvgIpc) is 3.09. The van der Waals surface area contributed by atoms with Gasteiger partial charge in [-0.05, 0) is 54.7 Å². The maximum Gasteiger partial charge on any atom is 0.321 e. The first-order valence-electron chi connectivity index (χ1n) is 13.8. The van der Waals surface area contributed by atoms with Gasteiger partial charge < -0.3 is 9.80 Å². The highest BCUT2D eigenvalue weighted by molar-refractivity contribution is 5.80. The number of urea groups is 1. The van der Waals surface area contributed by atoms with Gasteiger partial charge in [0.15, 0.2) is 0 Å². The number of aromatic nitrogens is 1. The Labute approximate surface area is 220 Å². The van der Waals surface area contributed by atoms with E-state index in [9.17, 15) is 9.59 Å². The van der Waals surface area contributed by atoms with E-state index in [2.05, 4.69) is 41.1 Å². The van der Waals surface area contributed by atoms with E-state index in [-0.39, 0.29) is 47.8 Å². The van der Waals surface area contributed by atoms with E-state index < -0.39 is 0 Å². The first-order valence-corrected chi connectivity index (χ1v) is 13.8. The van der Waals surface area contributed by atoms with Crippen LogP contribution in [-0.2, 0) is 16.2 Å². The zero-order valence-electron chi connectivity index (χ0n) is 22.3. The van der Waals surface area contributed by atoms with Crippen LogP contribution in [0, 0.1) is 11.8 Å². The predicted octanol–water partition coefficient (Wildman–Crippen LogP) is 5.24. The van der Waals surface area contributed by atoms with Crippen LogP contribution >= 0.6 is 0 Å². The molecule has 5 rings (SSSR count). The lowest BCUT2D eigenvalue weighted by Gasteiger charge is -2.37. The molecule has 2 heterocycles. The molecule has 5 atom stereocenters. The van der Waals surface area contributed by atoms with E-state index in [0.29, 0.717) is 13.0 Å².